The van der Waals surface area contributed by atoms with Crippen molar-refractivity contribution in [3.05, 3.63) is 63.3 Å². The number of rotatable bonds is 1. The summed E-state index contributed by atoms with van der Waals surface area (Å²) in [6, 6.07) is 5.45. The first-order valence-corrected chi connectivity index (χ1v) is 5.11. The standard InChI is InChI=1S/C11H7FN4O2/c12-7-1-3-8(4-2-7)15-5-6-16-9(10(15)17)13-14-11(16)18/h1-6H,(H,14,18). The molecular weight excluding hydrogens is 239 g/mol. The molecule has 3 rings (SSSR count). The molecule has 0 fully saturated rings. The molecule has 3 aromatic rings. The summed E-state index contributed by atoms with van der Waals surface area (Å²) in [5.41, 5.74) is -0.443. The smallest absolute Gasteiger partial charge is 0.280 e. The van der Waals surface area contributed by atoms with Crippen LogP contribution in [0.15, 0.2) is 46.2 Å². The Hall–Kier alpha value is -2.70. The molecule has 6 nitrogen and oxygen atoms in total. The average molecular weight is 246 g/mol. The fourth-order valence-corrected chi connectivity index (χ4v) is 1.71. The molecule has 0 aliphatic carbocycles. The van der Waals surface area contributed by atoms with E-state index in [0.29, 0.717) is 5.69 Å². The Morgan fingerprint density at radius 1 is 1.11 bits per heavy atom. The Bertz CT molecular complexity index is 829. The molecule has 0 saturated heterocycles. The third-order valence-corrected chi connectivity index (χ3v) is 2.58. The number of nitrogens with one attached hydrogen (secondary N) is 1. The predicted molar refractivity (Wildman–Crippen MR) is 61.4 cm³/mol. The molecule has 0 aliphatic heterocycles. The van der Waals surface area contributed by atoms with Crippen molar-refractivity contribution in [2.75, 3.05) is 0 Å². The topological polar surface area (TPSA) is 72.2 Å². The summed E-state index contributed by atoms with van der Waals surface area (Å²) < 4.78 is 15.2. The summed E-state index contributed by atoms with van der Waals surface area (Å²) in [7, 11) is 0. The Morgan fingerprint density at radius 3 is 2.56 bits per heavy atom. The molecule has 0 amide bonds. The summed E-state index contributed by atoms with van der Waals surface area (Å²) in [5, 5.41) is 5.83. The second kappa shape index (κ2) is 3.66. The molecule has 0 aliphatic rings. The molecule has 2 heterocycles. The van der Waals surface area contributed by atoms with Crippen LogP contribution in [0, 0.1) is 5.82 Å². The van der Waals surface area contributed by atoms with E-state index in [0.717, 1.165) is 4.40 Å². The maximum Gasteiger partial charge on any atom is 0.347 e. The molecule has 7 heteroatoms. The van der Waals surface area contributed by atoms with E-state index in [1.54, 1.807) is 0 Å². The second-order valence-corrected chi connectivity index (χ2v) is 3.67. The van der Waals surface area contributed by atoms with Crippen LogP contribution >= 0.6 is 0 Å². The van der Waals surface area contributed by atoms with Crippen LogP contribution in [0.1, 0.15) is 0 Å². The van der Waals surface area contributed by atoms with Gasteiger partial charge in [0.05, 0.1) is 0 Å². The SMILES string of the molecule is O=c1c2n[nH]c(=O)n2ccn1-c1ccc(F)cc1. The zero-order valence-electron chi connectivity index (χ0n) is 9.00. The first-order chi connectivity index (χ1) is 8.66. The molecule has 18 heavy (non-hydrogen) atoms. The second-order valence-electron chi connectivity index (χ2n) is 3.67. The van der Waals surface area contributed by atoms with Gasteiger partial charge in [-0.05, 0) is 24.3 Å². The largest absolute Gasteiger partial charge is 0.347 e. The Labute approximate surface area is 98.9 Å². The zero-order valence-corrected chi connectivity index (χ0v) is 9.00. The van der Waals surface area contributed by atoms with Crippen LogP contribution in [0.5, 0.6) is 0 Å². The summed E-state index contributed by atoms with van der Waals surface area (Å²) in [5.74, 6) is -0.385. The van der Waals surface area contributed by atoms with E-state index < -0.39 is 11.2 Å². The van der Waals surface area contributed by atoms with Gasteiger partial charge in [-0.1, -0.05) is 0 Å². The Balaban J connectivity index is 2.30. The van der Waals surface area contributed by atoms with E-state index in [1.807, 2.05) is 0 Å². The third-order valence-electron chi connectivity index (χ3n) is 2.58. The minimum Gasteiger partial charge on any atom is -0.280 e. The van der Waals surface area contributed by atoms with Crippen LogP contribution in [0.25, 0.3) is 11.3 Å². The van der Waals surface area contributed by atoms with E-state index in [4.69, 9.17) is 0 Å². The number of halogens is 1. The van der Waals surface area contributed by atoms with E-state index in [2.05, 4.69) is 10.2 Å². The number of aromatic nitrogens is 4. The normalized spacial score (nSPS) is 10.9. The van der Waals surface area contributed by atoms with Crippen LogP contribution in [0.3, 0.4) is 0 Å². The van der Waals surface area contributed by atoms with Gasteiger partial charge in [-0.15, -0.1) is 5.10 Å². The van der Waals surface area contributed by atoms with Crippen molar-refractivity contribution >= 4 is 5.65 Å². The summed E-state index contributed by atoms with van der Waals surface area (Å²) in [6.45, 7) is 0. The molecule has 2 aromatic heterocycles. The summed E-state index contributed by atoms with van der Waals surface area (Å²) >= 11 is 0. The van der Waals surface area contributed by atoms with Crippen molar-refractivity contribution in [2.24, 2.45) is 0 Å². The molecule has 0 atom stereocenters. The van der Waals surface area contributed by atoms with Crippen molar-refractivity contribution in [1.82, 2.24) is 19.2 Å². The van der Waals surface area contributed by atoms with Gasteiger partial charge < -0.3 is 0 Å². The number of nitrogens with zero attached hydrogens (tertiary/aromatic N) is 3. The predicted octanol–water partition coefficient (Wildman–Crippen LogP) is 0.313. The highest BCUT2D eigenvalue weighted by atomic mass is 19.1. The van der Waals surface area contributed by atoms with Gasteiger partial charge in [-0.2, -0.15) is 0 Å². The number of aromatic amines is 1. The molecule has 0 bridgehead atoms. The van der Waals surface area contributed by atoms with E-state index in [1.165, 1.54) is 41.2 Å². The number of fused-ring (bicyclic) bond motifs is 1. The fraction of sp³-hybridized carbons (Fsp3) is 0. The molecule has 90 valence electrons. The molecule has 1 N–H and O–H groups in total. The van der Waals surface area contributed by atoms with Crippen LogP contribution in [-0.2, 0) is 0 Å². The lowest BCUT2D eigenvalue weighted by Crippen LogP contribution is -2.22. The third kappa shape index (κ3) is 1.45. The van der Waals surface area contributed by atoms with Gasteiger partial charge in [-0.25, -0.2) is 18.7 Å². The van der Waals surface area contributed by atoms with Crippen LogP contribution in [-0.4, -0.2) is 19.2 Å². The highest BCUT2D eigenvalue weighted by molar-refractivity contribution is 5.39. The number of hydrogen-bond donors (Lipinski definition) is 1. The molecule has 0 spiro atoms. The minimum absolute atomic E-state index is 0.00757. The lowest BCUT2D eigenvalue weighted by atomic mass is 10.3. The van der Waals surface area contributed by atoms with Crippen LogP contribution < -0.4 is 11.2 Å². The van der Waals surface area contributed by atoms with Gasteiger partial charge >= 0.3 is 11.2 Å². The fourth-order valence-electron chi connectivity index (χ4n) is 1.71. The minimum atomic E-state index is -0.478. The lowest BCUT2D eigenvalue weighted by Gasteiger charge is -2.04. The zero-order chi connectivity index (χ0) is 12.7. The van der Waals surface area contributed by atoms with Crippen molar-refractivity contribution in [2.45, 2.75) is 0 Å². The lowest BCUT2D eigenvalue weighted by molar-refractivity contribution is 0.627. The summed E-state index contributed by atoms with van der Waals surface area (Å²) in [4.78, 5) is 23.3. The van der Waals surface area contributed by atoms with Crippen molar-refractivity contribution in [3.63, 3.8) is 0 Å². The van der Waals surface area contributed by atoms with E-state index >= 15 is 0 Å². The number of benzene rings is 1. The first-order valence-electron chi connectivity index (χ1n) is 5.11. The van der Waals surface area contributed by atoms with Gasteiger partial charge in [0.1, 0.15) is 5.82 Å². The van der Waals surface area contributed by atoms with Crippen molar-refractivity contribution in [3.8, 4) is 5.69 Å². The number of hydrogen-bond acceptors (Lipinski definition) is 3. The first kappa shape index (κ1) is 10.5. The van der Waals surface area contributed by atoms with Gasteiger partial charge in [0, 0.05) is 18.1 Å². The van der Waals surface area contributed by atoms with Crippen molar-refractivity contribution in [1.29, 1.82) is 0 Å². The monoisotopic (exact) mass is 246 g/mol. The number of H-pyrrole nitrogens is 1. The van der Waals surface area contributed by atoms with E-state index in [-0.39, 0.29) is 11.5 Å². The average Bonchev–Trinajstić information content (AvgIpc) is 2.74. The molecule has 1 aromatic carbocycles. The van der Waals surface area contributed by atoms with Gasteiger partial charge in [0.2, 0.25) is 5.65 Å². The molecule has 0 radical (unpaired) electrons. The highest BCUT2D eigenvalue weighted by Gasteiger charge is 2.08. The maximum atomic E-state index is 12.8. The Kier molecular flexibility index (Phi) is 2.12. The highest BCUT2D eigenvalue weighted by Crippen LogP contribution is 2.06. The molecule has 0 unspecified atom stereocenters. The van der Waals surface area contributed by atoms with Crippen LogP contribution in [0.2, 0.25) is 0 Å². The summed E-state index contributed by atoms with van der Waals surface area (Å²) in [6.07, 6.45) is 2.85. The van der Waals surface area contributed by atoms with Gasteiger partial charge in [-0.3, -0.25) is 9.36 Å². The van der Waals surface area contributed by atoms with Crippen LogP contribution in [0.4, 0.5) is 4.39 Å². The van der Waals surface area contributed by atoms with Crippen molar-refractivity contribution < 1.29 is 4.39 Å². The quantitative estimate of drug-likeness (QED) is 0.671. The van der Waals surface area contributed by atoms with Gasteiger partial charge in [0.25, 0.3) is 0 Å². The Morgan fingerprint density at radius 2 is 1.83 bits per heavy atom. The van der Waals surface area contributed by atoms with Gasteiger partial charge in [0.15, 0.2) is 0 Å². The van der Waals surface area contributed by atoms with E-state index in [9.17, 15) is 14.0 Å². The molecular formula is C11H7FN4O2. The molecule has 0 saturated carbocycles. The maximum absolute atomic E-state index is 12.8.